The summed E-state index contributed by atoms with van der Waals surface area (Å²) in [6, 6.07) is 8.07. The second-order valence-corrected chi connectivity index (χ2v) is 4.51. The van der Waals surface area contributed by atoms with Gasteiger partial charge in [-0.3, -0.25) is 4.79 Å². The molecule has 0 unspecified atom stereocenters. The zero-order valence-electron chi connectivity index (χ0n) is 11.1. The van der Waals surface area contributed by atoms with E-state index in [1.807, 2.05) is 0 Å². The summed E-state index contributed by atoms with van der Waals surface area (Å²) >= 11 is 0. The summed E-state index contributed by atoms with van der Waals surface area (Å²) in [5.41, 5.74) is 0.654. The number of aryl methyl sites for hydroxylation is 1. The van der Waals surface area contributed by atoms with Crippen LogP contribution in [0.3, 0.4) is 0 Å². The minimum atomic E-state index is -1.17. The number of aromatic hydroxyl groups is 2. The summed E-state index contributed by atoms with van der Waals surface area (Å²) in [4.78, 5) is 23.2. The van der Waals surface area contributed by atoms with Gasteiger partial charge in [0.25, 0.3) is 5.91 Å². The summed E-state index contributed by atoms with van der Waals surface area (Å²) in [6.45, 7) is 1.74. The molecule has 0 aliphatic rings. The zero-order valence-corrected chi connectivity index (χ0v) is 11.1. The zero-order chi connectivity index (χ0) is 15.6. The molecule has 21 heavy (non-hydrogen) atoms. The number of nitrogens with one attached hydrogen (secondary N) is 1. The van der Waals surface area contributed by atoms with Crippen LogP contribution < -0.4 is 5.32 Å². The third-order valence-corrected chi connectivity index (χ3v) is 2.88. The van der Waals surface area contributed by atoms with Crippen LogP contribution in [0.5, 0.6) is 11.5 Å². The highest BCUT2D eigenvalue weighted by molar-refractivity contribution is 6.09. The van der Waals surface area contributed by atoms with Crippen LogP contribution >= 0.6 is 0 Å². The summed E-state index contributed by atoms with van der Waals surface area (Å²) < 4.78 is 0. The highest BCUT2D eigenvalue weighted by Crippen LogP contribution is 2.24. The predicted octanol–water partition coefficient (Wildman–Crippen LogP) is 2.36. The monoisotopic (exact) mass is 287 g/mol. The number of carboxylic acid groups (broad SMARTS) is 1. The molecule has 0 spiro atoms. The Balaban J connectivity index is 2.36. The largest absolute Gasteiger partial charge is 0.508 e. The summed E-state index contributed by atoms with van der Waals surface area (Å²) in [5.74, 6) is -2.38. The van der Waals surface area contributed by atoms with Crippen molar-refractivity contribution in [1.29, 1.82) is 0 Å². The van der Waals surface area contributed by atoms with Crippen LogP contribution in [0.1, 0.15) is 26.3 Å². The maximum Gasteiger partial charge on any atom is 0.337 e. The van der Waals surface area contributed by atoms with Crippen LogP contribution in [0, 0.1) is 6.92 Å². The SMILES string of the molecule is Cc1ccc(NC(=O)c2cc(O)ccc2O)c(C(=O)O)c1. The first-order valence-electron chi connectivity index (χ1n) is 6.06. The van der Waals surface area contributed by atoms with Crippen LogP contribution in [-0.2, 0) is 0 Å². The number of carboxylic acids is 1. The lowest BCUT2D eigenvalue weighted by atomic mass is 10.1. The topological polar surface area (TPSA) is 107 Å². The Morgan fingerprint density at radius 2 is 1.71 bits per heavy atom. The van der Waals surface area contributed by atoms with Crippen molar-refractivity contribution < 1.29 is 24.9 Å². The van der Waals surface area contributed by atoms with E-state index in [-0.39, 0.29) is 28.3 Å². The quantitative estimate of drug-likeness (QED) is 0.648. The van der Waals surface area contributed by atoms with Crippen molar-refractivity contribution in [3.63, 3.8) is 0 Å². The number of hydrogen-bond acceptors (Lipinski definition) is 4. The molecule has 0 fully saturated rings. The third kappa shape index (κ3) is 3.11. The number of carbonyl (C=O) groups is 2. The minimum Gasteiger partial charge on any atom is -0.508 e. The highest BCUT2D eigenvalue weighted by Gasteiger charge is 2.16. The van der Waals surface area contributed by atoms with Gasteiger partial charge >= 0.3 is 5.97 Å². The van der Waals surface area contributed by atoms with Gasteiger partial charge in [-0.1, -0.05) is 11.6 Å². The van der Waals surface area contributed by atoms with Gasteiger partial charge in [0.05, 0.1) is 16.8 Å². The average molecular weight is 287 g/mol. The van der Waals surface area contributed by atoms with Gasteiger partial charge in [0.1, 0.15) is 11.5 Å². The van der Waals surface area contributed by atoms with Crippen LogP contribution in [0.2, 0.25) is 0 Å². The molecular formula is C15H13NO5. The Labute approximate surface area is 120 Å². The fourth-order valence-corrected chi connectivity index (χ4v) is 1.84. The molecule has 0 saturated heterocycles. The van der Waals surface area contributed by atoms with Crippen molar-refractivity contribution >= 4 is 17.6 Å². The fraction of sp³-hybridized carbons (Fsp3) is 0.0667. The minimum absolute atomic E-state index is 0.0528. The molecule has 0 aliphatic carbocycles. The number of phenols is 2. The first kappa shape index (κ1) is 14.4. The Hall–Kier alpha value is -3.02. The molecule has 108 valence electrons. The number of rotatable bonds is 3. The maximum atomic E-state index is 12.1. The Morgan fingerprint density at radius 3 is 2.38 bits per heavy atom. The molecule has 2 aromatic carbocycles. The van der Waals surface area contributed by atoms with Gasteiger partial charge in [0, 0.05) is 0 Å². The maximum absolute atomic E-state index is 12.1. The molecule has 6 heteroatoms. The van der Waals surface area contributed by atoms with Crippen molar-refractivity contribution in [2.24, 2.45) is 0 Å². The van der Waals surface area contributed by atoms with E-state index >= 15 is 0 Å². The number of phenolic OH excluding ortho intramolecular Hbond substituents is 2. The van der Waals surface area contributed by atoms with Crippen LogP contribution in [0.15, 0.2) is 36.4 Å². The molecule has 0 radical (unpaired) electrons. The second kappa shape index (κ2) is 5.54. The number of hydrogen-bond donors (Lipinski definition) is 4. The third-order valence-electron chi connectivity index (χ3n) is 2.88. The molecule has 2 rings (SSSR count). The molecular weight excluding hydrogens is 274 g/mol. The number of carbonyl (C=O) groups excluding carboxylic acids is 1. The second-order valence-electron chi connectivity index (χ2n) is 4.51. The van der Waals surface area contributed by atoms with E-state index in [1.165, 1.54) is 24.3 Å². The molecule has 0 bridgehead atoms. The van der Waals surface area contributed by atoms with Crippen LogP contribution in [0.25, 0.3) is 0 Å². The highest BCUT2D eigenvalue weighted by atomic mass is 16.4. The van der Waals surface area contributed by atoms with Crippen molar-refractivity contribution in [3.05, 3.63) is 53.1 Å². The van der Waals surface area contributed by atoms with Gasteiger partial charge < -0.3 is 20.6 Å². The van der Waals surface area contributed by atoms with Gasteiger partial charge in [-0.25, -0.2) is 4.79 Å². The lowest BCUT2D eigenvalue weighted by molar-refractivity contribution is 0.0698. The molecule has 0 atom stereocenters. The molecule has 4 N–H and O–H groups in total. The molecule has 1 amide bonds. The fourth-order valence-electron chi connectivity index (χ4n) is 1.84. The summed E-state index contributed by atoms with van der Waals surface area (Å²) in [5, 5.41) is 30.5. The van der Waals surface area contributed by atoms with Gasteiger partial charge in [-0.15, -0.1) is 0 Å². The summed E-state index contributed by atoms with van der Waals surface area (Å²) in [7, 11) is 0. The lowest BCUT2D eigenvalue weighted by Crippen LogP contribution is -2.15. The van der Waals surface area contributed by atoms with Gasteiger partial charge in [-0.2, -0.15) is 0 Å². The Bertz CT molecular complexity index is 724. The van der Waals surface area contributed by atoms with Crippen molar-refractivity contribution in [3.8, 4) is 11.5 Å². The lowest BCUT2D eigenvalue weighted by Gasteiger charge is -2.10. The molecule has 0 aliphatic heterocycles. The number of amides is 1. The van der Waals surface area contributed by atoms with E-state index in [1.54, 1.807) is 13.0 Å². The van der Waals surface area contributed by atoms with Crippen molar-refractivity contribution in [1.82, 2.24) is 0 Å². The van der Waals surface area contributed by atoms with E-state index in [9.17, 15) is 19.8 Å². The molecule has 0 saturated carbocycles. The van der Waals surface area contributed by atoms with E-state index in [0.29, 0.717) is 0 Å². The number of anilines is 1. The van der Waals surface area contributed by atoms with Crippen molar-refractivity contribution in [2.75, 3.05) is 5.32 Å². The number of benzene rings is 2. The van der Waals surface area contributed by atoms with Gasteiger partial charge in [0.2, 0.25) is 0 Å². The number of aromatic carboxylic acids is 1. The first-order valence-corrected chi connectivity index (χ1v) is 6.06. The van der Waals surface area contributed by atoms with E-state index < -0.39 is 11.9 Å². The van der Waals surface area contributed by atoms with E-state index in [4.69, 9.17) is 5.11 Å². The van der Waals surface area contributed by atoms with Crippen molar-refractivity contribution in [2.45, 2.75) is 6.92 Å². The molecule has 0 heterocycles. The molecule has 0 aromatic heterocycles. The van der Waals surface area contributed by atoms with Gasteiger partial charge in [0.15, 0.2) is 0 Å². The van der Waals surface area contributed by atoms with Crippen LogP contribution in [-0.4, -0.2) is 27.2 Å². The first-order chi connectivity index (χ1) is 9.88. The van der Waals surface area contributed by atoms with E-state index in [2.05, 4.69) is 5.32 Å². The summed E-state index contributed by atoms with van der Waals surface area (Å²) in [6.07, 6.45) is 0. The molecule has 6 nitrogen and oxygen atoms in total. The normalized spacial score (nSPS) is 10.1. The standard InChI is InChI=1S/C15H13NO5/c1-8-2-4-12(10(6-8)15(20)21)16-14(19)11-7-9(17)3-5-13(11)18/h2-7,17-18H,1H3,(H,16,19)(H,20,21). The Kier molecular flexibility index (Phi) is 3.80. The van der Waals surface area contributed by atoms with Gasteiger partial charge in [-0.05, 0) is 37.3 Å². The molecule has 2 aromatic rings. The Morgan fingerprint density at radius 1 is 1.00 bits per heavy atom. The smallest absolute Gasteiger partial charge is 0.337 e. The average Bonchev–Trinajstić information content (AvgIpc) is 2.43. The van der Waals surface area contributed by atoms with E-state index in [0.717, 1.165) is 11.6 Å². The predicted molar refractivity (Wildman–Crippen MR) is 75.9 cm³/mol. The van der Waals surface area contributed by atoms with Crippen LogP contribution in [0.4, 0.5) is 5.69 Å².